The van der Waals surface area contributed by atoms with Gasteiger partial charge in [0.1, 0.15) is 6.61 Å². The van der Waals surface area contributed by atoms with E-state index in [1.807, 2.05) is 13.8 Å². The van der Waals surface area contributed by atoms with Crippen LogP contribution in [0.2, 0.25) is 0 Å². The zero-order valence-corrected chi connectivity index (χ0v) is 13.0. The average molecular weight is 268 g/mol. The van der Waals surface area contributed by atoms with E-state index >= 15 is 0 Å². The van der Waals surface area contributed by atoms with Gasteiger partial charge in [-0.25, -0.2) is 0 Å². The third-order valence-electron chi connectivity index (χ3n) is 3.43. The molecule has 0 saturated carbocycles. The van der Waals surface area contributed by atoms with Crippen LogP contribution in [0.3, 0.4) is 0 Å². The van der Waals surface area contributed by atoms with Crippen molar-refractivity contribution < 1.29 is 14.3 Å². The Morgan fingerprint density at radius 3 is 2.63 bits per heavy atom. The minimum Gasteiger partial charge on any atom is -0.463 e. The fourth-order valence-electron chi connectivity index (χ4n) is 2.23. The van der Waals surface area contributed by atoms with E-state index in [0.29, 0.717) is 25.0 Å². The van der Waals surface area contributed by atoms with Crippen LogP contribution in [0, 0.1) is 5.41 Å². The second kappa shape index (κ2) is 6.56. The van der Waals surface area contributed by atoms with Crippen molar-refractivity contribution >= 4 is 5.97 Å². The molecule has 0 N–H and O–H groups in total. The largest absolute Gasteiger partial charge is 0.463 e. The van der Waals surface area contributed by atoms with Gasteiger partial charge in [-0.05, 0) is 38.5 Å². The summed E-state index contributed by atoms with van der Waals surface area (Å²) in [6.07, 6.45) is 6.07. The van der Waals surface area contributed by atoms with Gasteiger partial charge in [-0.3, -0.25) is 4.79 Å². The second-order valence-electron chi connectivity index (χ2n) is 6.78. The molecule has 110 valence electrons. The molecule has 19 heavy (non-hydrogen) atoms. The van der Waals surface area contributed by atoms with E-state index in [0.717, 1.165) is 6.42 Å². The maximum atomic E-state index is 11.1. The molecule has 1 aliphatic carbocycles. The summed E-state index contributed by atoms with van der Waals surface area (Å²) in [7, 11) is 0. The molecule has 0 saturated heterocycles. The monoisotopic (exact) mass is 268 g/mol. The molecule has 1 rings (SSSR count). The van der Waals surface area contributed by atoms with Gasteiger partial charge < -0.3 is 9.47 Å². The average Bonchev–Trinajstić information content (AvgIpc) is 2.66. The summed E-state index contributed by atoms with van der Waals surface area (Å²) in [4.78, 5) is 11.1. The number of hydrogen-bond acceptors (Lipinski definition) is 3. The number of rotatable bonds is 7. The molecule has 0 aromatic rings. The van der Waals surface area contributed by atoms with Crippen molar-refractivity contribution in [1.29, 1.82) is 0 Å². The summed E-state index contributed by atoms with van der Waals surface area (Å²) >= 11 is 0. The molecule has 0 aromatic heterocycles. The molecule has 1 aliphatic rings. The van der Waals surface area contributed by atoms with Crippen molar-refractivity contribution in [2.45, 2.75) is 65.9 Å². The van der Waals surface area contributed by atoms with E-state index in [1.54, 1.807) is 6.92 Å². The third-order valence-corrected chi connectivity index (χ3v) is 3.43. The highest BCUT2D eigenvalue weighted by Gasteiger charge is 2.25. The zero-order valence-electron chi connectivity index (χ0n) is 13.0. The molecule has 3 nitrogen and oxygen atoms in total. The molecule has 0 atom stereocenters. The molecular formula is C16H28O3. The van der Waals surface area contributed by atoms with Gasteiger partial charge in [-0.2, -0.15) is 0 Å². The molecule has 0 unspecified atom stereocenters. The first-order valence-corrected chi connectivity index (χ1v) is 7.22. The van der Waals surface area contributed by atoms with Gasteiger partial charge in [0.05, 0.1) is 12.2 Å². The molecule has 0 radical (unpaired) electrons. The summed E-state index contributed by atoms with van der Waals surface area (Å²) in [5, 5.41) is 0. The van der Waals surface area contributed by atoms with Crippen molar-refractivity contribution in [3.8, 4) is 0 Å². The maximum absolute atomic E-state index is 11.1. The van der Waals surface area contributed by atoms with Crippen molar-refractivity contribution in [3.05, 3.63) is 11.6 Å². The first-order chi connectivity index (χ1) is 8.74. The minimum atomic E-state index is -0.403. The summed E-state index contributed by atoms with van der Waals surface area (Å²) in [5.74, 6) is -0.170. The van der Waals surface area contributed by atoms with Gasteiger partial charge >= 0.3 is 5.97 Å². The highest BCUT2D eigenvalue weighted by atomic mass is 16.6. The van der Waals surface area contributed by atoms with Crippen LogP contribution < -0.4 is 0 Å². The number of carbonyl (C=O) groups excluding carboxylic acids is 1. The van der Waals surface area contributed by atoms with E-state index in [9.17, 15) is 4.79 Å². The van der Waals surface area contributed by atoms with E-state index < -0.39 is 5.60 Å². The smallest absolute Gasteiger partial charge is 0.305 e. The summed E-state index contributed by atoms with van der Waals surface area (Å²) < 4.78 is 11.0. The Morgan fingerprint density at radius 2 is 2.11 bits per heavy atom. The Kier molecular flexibility index (Phi) is 5.60. The van der Waals surface area contributed by atoms with Crippen LogP contribution in [-0.2, 0) is 14.3 Å². The van der Waals surface area contributed by atoms with Gasteiger partial charge in [-0.1, -0.05) is 32.4 Å². The minimum absolute atomic E-state index is 0.170. The summed E-state index contributed by atoms with van der Waals surface area (Å²) in [6.45, 7) is 11.3. The van der Waals surface area contributed by atoms with Crippen LogP contribution in [0.25, 0.3) is 0 Å². The highest BCUT2D eigenvalue weighted by Crippen LogP contribution is 2.37. The molecular weight excluding hydrogens is 240 g/mol. The van der Waals surface area contributed by atoms with Crippen LogP contribution >= 0.6 is 0 Å². The van der Waals surface area contributed by atoms with Crippen molar-refractivity contribution in [2.24, 2.45) is 5.41 Å². The predicted molar refractivity (Wildman–Crippen MR) is 77.0 cm³/mol. The fraction of sp³-hybridized carbons (Fsp3) is 0.812. The van der Waals surface area contributed by atoms with Gasteiger partial charge in [0.25, 0.3) is 0 Å². The topological polar surface area (TPSA) is 35.5 Å². The van der Waals surface area contributed by atoms with Crippen LogP contribution in [0.5, 0.6) is 0 Å². The normalized spacial score (nSPS) is 18.3. The molecule has 0 bridgehead atoms. The molecule has 0 aliphatic heterocycles. The van der Waals surface area contributed by atoms with E-state index in [2.05, 4.69) is 19.9 Å². The van der Waals surface area contributed by atoms with E-state index in [-0.39, 0.29) is 5.97 Å². The first-order valence-electron chi connectivity index (χ1n) is 7.22. The Balaban J connectivity index is 2.23. The fourth-order valence-corrected chi connectivity index (χ4v) is 2.23. The SMILES string of the molecule is CCC(=O)OCC(C)(C)OCCC1=CCC(C)(C)C1. The van der Waals surface area contributed by atoms with Gasteiger partial charge in [-0.15, -0.1) is 0 Å². The molecule has 3 heteroatoms. The first kappa shape index (κ1) is 16.2. The van der Waals surface area contributed by atoms with E-state index in [1.165, 1.54) is 18.4 Å². The van der Waals surface area contributed by atoms with Crippen molar-refractivity contribution in [1.82, 2.24) is 0 Å². The van der Waals surface area contributed by atoms with E-state index in [4.69, 9.17) is 9.47 Å². The Hall–Kier alpha value is -0.830. The maximum Gasteiger partial charge on any atom is 0.305 e. The van der Waals surface area contributed by atoms with Crippen LogP contribution in [0.15, 0.2) is 11.6 Å². The number of carbonyl (C=O) groups is 1. The van der Waals surface area contributed by atoms with Crippen molar-refractivity contribution in [2.75, 3.05) is 13.2 Å². The lowest BCUT2D eigenvalue weighted by Crippen LogP contribution is -2.32. The van der Waals surface area contributed by atoms with Gasteiger partial charge in [0.2, 0.25) is 0 Å². The number of allylic oxidation sites excluding steroid dienone is 1. The molecule has 0 heterocycles. The lowest BCUT2D eigenvalue weighted by Gasteiger charge is -2.25. The molecule has 0 amide bonds. The van der Waals surface area contributed by atoms with Crippen LogP contribution in [-0.4, -0.2) is 24.8 Å². The summed E-state index contributed by atoms with van der Waals surface area (Å²) in [6, 6.07) is 0. The predicted octanol–water partition coefficient (Wildman–Crippen LogP) is 3.87. The quantitative estimate of drug-likeness (QED) is 0.519. The molecule has 0 spiro atoms. The number of hydrogen-bond donors (Lipinski definition) is 0. The molecule has 0 aromatic carbocycles. The van der Waals surface area contributed by atoms with Crippen LogP contribution in [0.1, 0.15) is 60.3 Å². The van der Waals surface area contributed by atoms with Gasteiger partial charge in [0, 0.05) is 6.42 Å². The Bertz CT molecular complexity index is 340. The summed E-state index contributed by atoms with van der Waals surface area (Å²) in [5.41, 5.74) is 1.51. The molecule has 0 fully saturated rings. The highest BCUT2D eigenvalue weighted by molar-refractivity contribution is 5.68. The second-order valence-corrected chi connectivity index (χ2v) is 6.78. The standard InChI is InChI=1S/C16H28O3/c1-6-14(17)18-12-16(4,5)19-10-8-13-7-9-15(2,3)11-13/h7H,6,8-12H2,1-5H3. The lowest BCUT2D eigenvalue weighted by atomic mass is 9.89. The number of ether oxygens (including phenoxy) is 2. The Morgan fingerprint density at radius 1 is 1.42 bits per heavy atom. The van der Waals surface area contributed by atoms with Crippen LogP contribution in [0.4, 0.5) is 0 Å². The third kappa shape index (κ3) is 6.24. The zero-order chi connectivity index (χ0) is 14.5. The lowest BCUT2D eigenvalue weighted by molar-refractivity contribution is -0.152. The number of esters is 1. The van der Waals surface area contributed by atoms with Gasteiger partial charge in [0.15, 0.2) is 0 Å². The Labute approximate surface area is 117 Å². The van der Waals surface area contributed by atoms with Crippen molar-refractivity contribution in [3.63, 3.8) is 0 Å².